The van der Waals surface area contributed by atoms with Crippen molar-refractivity contribution in [3.05, 3.63) is 102 Å². The van der Waals surface area contributed by atoms with E-state index in [0.29, 0.717) is 6.42 Å². The fraction of sp³-hybridized carbons (Fsp3) is 0.240. The van der Waals surface area contributed by atoms with Gasteiger partial charge in [-0.2, -0.15) is 0 Å². The zero-order chi connectivity index (χ0) is 21.7. The Morgan fingerprint density at radius 3 is 1.87 bits per heavy atom. The topological polar surface area (TPSA) is 66.5 Å². The SMILES string of the molecule is O=C(CNC(c1ccccc1)c1ccccc1)N(c1ccccc1)C1CCS(=O)(=O)C1. The van der Waals surface area contributed by atoms with E-state index in [2.05, 4.69) is 5.32 Å². The van der Waals surface area contributed by atoms with Gasteiger partial charge in [0.25, 0.3) is 0 Å². The molecule has 3 aromatic rings. The van der Waals surface area contributed by atoms with Crippen LogP contribution in [0.3, 0.4) is 0 Å². The minimum absolute atomic E-state index is 0.00837. The third-order valence-corrected chi connectivity index (χ3v) is 7.35. The number of carbonyl (C=O) groups excluding carboxylic acids is 1. The van der Waals surface area contributed by atoms with Gasteiger partial charge in [-0.1, -0.05) is 78.9 Å². The van der Waals surface area contributed by atoms with Gasteiger partial charge in [0.15, 0.2) is 9.84 Å². The Hall–Kier alpha value is -2.96. The molecule has 31 heavy (non-hydrogen) atoms. The highest BCUT2D eigenvalue weighted by molar-refractivity contribution is 7.91. The average molecular weight is 435 g/mol. The van der Waals surface area contributed by atoms with Gasteiger partial charge in [-0.05, 0) is 29.7 Å². The lowest BCUT2D eigenvalue weighted by atomic mass is 9.99. The Labute approximate surface area is 183 Å². The number of sulfone groups is 1. The van der Waals surface area contributed by atoms with Crippen molar-refractivity contribution in [2.24, 2.45) is 0 Å². The third-order valence-electron chi connectivity index (χ3n) is 5.60. The van der Waals surface area contributed by atoms with E-state index in [-0.39, 0.29) is 36.0 Å². The summed E-state index contributed by atoms with van der Waals surface area (Å²) < 4.78 is 24.2. The van der Waals surface area contributed by atoms with Crippen LogP contribution in [0.5, 0.6) is 0 Å². The summed E-state index contributed by atoms with van der Waals surface area (Å²) in [6.45, 7) is 0.0971. The van der Waals surface area contributed by atoms with E-state index in [1.807, 2.05) is 91.0 Å². The van der Waals surface area contributed by atoms with Crippen LogP contribution < -0.4 is 10.2 Å². The molecule has 160 valence electrons. The van der Waals surface area contributed by atoms with Crippen molar-refractivity contribution in [1.29, 1.82) is 0 Å². The highest BCUT2D eigenvalue weighted by Gasteiger charge is 2.35. The van der Waals surface area contributed by atoms with Crippen molar-refractivity contribution in [1.82, 2.24) is 5.32 Å². The first-order valence-corrected chi connectivity index (χ1v) is 12.3. The van der Waals surface area contributed by atoms with E-state index in [1.54, 1.807) is 4.90 Å². The van der Waals surface area contributed by atoms with Crippen molar-refractivity contribution < 1.29 is 13.2 Å². The molecule has 1 aliphatic rings. The fourth-order valence-electron chi connectivity index (χ4n) is 4.12. The normalized spacial score (nSPS) is 17.5. The largest absolute Gasteiger partial charge is 0.307 e. The number of nitrogens with one attached hydrogen (secondary N) is 1. The van der Waals surface area contributed by atoms with Gasteiger partial charge < -0.3 is 4.90 Å². The first-order chi connectivity index (χ1) is 15.0. The zero-order valence-electron chi connectivity index (χ0n) is 17.2. The van der Waals surface area contributed by atoms with Crippen LogP contribution in [-0.4, -0.2) is 38.4 Å². The van der Waals surface area contributed by atoms with Gasteiger partial charge in [0, 0.05) is 5.69 Å². The number of benzene rings is 3. The quantitative estimate of drug-likeness (QED) is 0.617. The Bertz CT molecular complexity index is 1060. The van der Waals surface area contributed by atoms with E-state index in [1.165, 1.54) is 0 Å². The van der Waals surface area contributed by atoms with Crippen LogP contribution in [0, 0.1) is 0 Å². The van der Waals surface area contributed by atoms with Gasteiger partial charge in [-0.3, -0.25) is 10.1 Å². The Kier molecular flexibility index (Phi) is 6.49. The number of anilines is 1. The van der Waals surface area contributed by atoms with Gasteiger partial charge in [0.2, 0.25) is 5.91 Å². The van der Waals surface area contributed by atoms with Gasteiger partial charge >= 0.3 is 0 Å². The summed E-state index contributed by atoms with van der Waals surface area (Å²) in [5.41, 5.74) is 2.86. The maximum Gasteiger partial charge on any atom is 0.241 e. The molecule has 1 fully saturated rings. The highest BCUT2D eigenvalue weighted by Crippen LogP contribution is 2.26. The predicted octanol–water partition coefficient (Wildman–Crippen LogP) is 3.59. The second-order valence-electron chi connectivity index (χ2n) is 7.79. The van der Waals surface area contributed by atoms with Crippen molar-refractivity contribution in [2.75, 3.05) is 23.0 Å². The standard InChI is InChI=1S/C25H26N2O3S/c28-24(27(22-14-8-3-9-15-22)23-16-17-31(29,30)19-23)18-26-25(20-10-4-1-5-11-20)21-12-6-2-7-13-21/h1-15,23,25-26H,16-19H2. The summed E-state index contributed by atoms with van der Waals surface area (Å²) in [5, 5.41) is 3.41. The Balaban J connectivity index is 1.57. The maximum absolute atomic E-state index is 13.4. The molecule has 5 nitrogen and oxygen atoms in total. The van der Waals surface area contributed by atoms with Crippen molar-refractivity contribution in [2.45, 2.75) is 18.5 Å². The molecule has 0 radical (unpaired) electrons. The number of nitrogens with zero attached hydrogens (tertiary/aromatic N) is 1. The molecule has 0 aromatic heterocycles. The Morgan fingerprint density at radius 2 is 1.39 bits per heavy atom. The second-order valence-corrected chi connectivity index (χ2v) is 10.0. The molecule has 6 heteroatoms. The Morgan fingerprint density at radius 1 is 0.871 bits per heavy atom. The number of hydrogen-bond donors (Lipinski definition) is 1. The fourth-order valence-corrected chi connectivity index (χ4v) is 5.82. The van der Waals surface area contributed by atoms with Crippen LogP contribution in [-0.2, 0) is 14.6 Å². The minimum atomic E-state index is -3.11. The first kappa shape index (κ1) is 21.3. The molecule has 1 N–H and O–H groups in total. The zero-order valence-corrected chi connectivity index (χ0v) is 18.0. The lowest BCUT2D eigenvalue weighted by Crippen LogP contribution is -2.46. The minimum Gasteiger partial charge on any atom is -0.307 e. The summed E-state index contributed by atoms with van der Waals surface area (Å²) in [5.74, 6) is -0.00237. The molecular formula is C25H26N2O3S. The molecule has 0 aliphatic carbocycles. The summed E-state index contributed by atoms with van der Waals surface area (Å²) in [4.78, 5) is 15.0. The van der Waals surface area contributed by atoms with Gasteiger partial charge in [-0.15, -0.1) is 0 Å². The number of para-hydroxylation sites is 1. The van der Waals surface area contributed by atoms with Crippen LogP contribution >= 0.6 is 0 Å². The number of rotatable bonds is 7. The number of carbonyl (C=O) groups is 1. The van der Waals surface area contributed by atoms with Gasteiger partial charge in [0.05, 0.1) is 30.1 Å². The van der Waals surface area contributed by atoms with E-state index >= 15 is 0 Å². The molecule has 3 aromatic carbocycles. The number of amides is 1. The molecule has 1 atom stereocenters. The van der Waals surface area contributed by atoms with E-state index in [9.17, 15) is 13.2 Å². The lowest BCUT2D eigenvalue weighted by Gasteiger charge is -2.29. The molecule has 0 bridgehead atoms. The van der Waals surface area contributed by atoms with Crippen LogP contribution in [0.15, 0.2) is 91.0 Å². The van der Waals surface area contributed by atoms with Crippen molar-refractivity contribution in [3.63, 3.8) is 0 Å². The van der Waals surface area contributed by atoms with E-state index in [0.717, 1.165) is 16.8 Å². The van der Waals surface area contributed by atoms with E-state index < -0.39 is 9.84 Å². The second kappa shape index (κ2) is 9.45. The van der Waals surface area contributed by atoms with Crippen molar-refractivity contribution in [3.8, 4) is 0 Å². The van der Waals surface area contributed by atoms with Crippen LogP contribution in [0.4, 0.5) is 5.69 Å². The van der Waals surface area contributed by atoms with Crippen LogP contribution in [0.1, 0.15) is 23.6 Å². The molecule has 1 amide bonds. The summed E-state index contributed by atoms with van der Waals surface area (Å²) in [6, 6.07) is 28.8. The average Bonchev–Trinajstić information content (AvgIpc) is 3.15. The monoisotopic (exact) mass is 434 g/mol. The number of hydrogen-bond acceptors (Lipinski definition) is 4. The van der Waals surface area contributed by atoms with Gasteiger partial charge in [0.1, 0.15) is 0 Å². The highest BCUT2D eigenvalue weighted by atomic mass is 32.2. The van der Waals surface area contributed by atoms with Crippen LogP contribution in [0.25, 0.3) is 0 Å². The molecule has 1 aliphatic heterocycles. The molecule has 0 saturated carbocycles. The van der Waals surface area contributed by atoms with Crippen LogP contribution in [0.2, 0.25) is 0 Å². The smallest absolute Gasteiger partial charge is 0.241 e. The molecule has 1 heterocycles. The van der Waals surface area contributed by atoms with Crippen molar-refractivity contribution >= 4 is 21.4 Å². The summed E-state index contributed by atoms with van der Waals surface area (Å²) in [7, 11) is -3.11. The van der Waals surface area contributed by atoms with E-state index in [4.69, 9.17) is 0 Å². The third kappa shape index (κ3) is 5.21. The molecular weight excluding hydrogens is 408 g/mol. The molecule has 0 spiro atoms. The predicted molar refractivity (Wildman–Crippen MR) is 124 cm³/mol. The van der Waals surface area contributed by atoms with Gasteiger partial charge in [-0.25, -0.2) is 8.42 Å². The summed E-state index contributed by atoms with van der Waals surface area (Å²) in [6.07, 6.45) is 0.462. The lowest BCUT2D eigenvalue weighted by molar-refractivity contribution is -0.118. The summed E-state index contributed by atoms with van der Waals surface area (Å²) >= 11 is 0. The molecule has 1 unspecified atom stereocenters. The maximum atomic E-state index is 13.4. The molecule has 1 saturated heterocycles. The molecule has 4 rings (SSSR count). The first-order valence-electron chi connectivity index (χ1n) is 10.4.